The molecule has 9 heteroatoms. The fraction of sp³-hybridized carbons (Fsp3) is 0. The summed E-state index contributed by atoms with van der Waals surface area (Å²) in [4.78, 5) is 35.2. The van der Waals surface area contributed by atoms with E-state index in [9.17, 15) is 19.7 Å². The van der Waals surface area contributed by atoms with E-state index in [4.69, 9.17) is 16.3 Å². The highest BCUT2D eigenvalue weighted by atomic mass is 16.6. The summed E-state index contributed by atoms with van der Waals surface area (Å²) < 4.78 is 5.30. The number of nitrogens with two attached hydrogens (primary N) is 2. The molecule has 0 unspecified atom stereocenters. The van der Waals surface area contributed by atoms with Crippen molar-refractivity contribution < 1.29 is 19.2 Å². The van der Waals surface area contributed by atoms with Crippen molar-refractivity contribution in [3.63, 3.8) is 0 Å². The highest BCUT2D eigenvalue weighted by Gasteiger charge is 2.18. The van der Waals surface area contributed by atoms with E-state index in [-0.39, 0.29) is 22.7 Å². The first-order valence-electron chi connectivity index (χ1n) is 8.64. The van der Waals surface area contributed by atoms with Crippen molar-refractivity contribution in [3.8, 4) is 5.75 Å². The molecule has 0 aliphatic carbocycles. The van der Waals surface area contributed by atoms with Gasteiger partial charge in [-0.3, -0.25) is 14.9 Å². The minimum atomic E-state index is -0.710. The molecule has 0 heterocycles. The number of carbonyl (C=O) groups is 2. The molecule has 0 atom stereocenters. The highest BCUT2D eigenvalue weighted by molar-refractivity contribution is 6.51. The van der Waals surface area contributed by atoms with E-state index in [1.807, 2.05) is 0 Å². The molecule has 3 aromatic rings. The third-order valence-corrected chi connectivity index (χ3v) is 4.15. The Morgan fingerprint density at radius 1 is 0.900 bits per heavy atom. The second-order valence-corrected chi connectivity index (χ2v) is 6.15. The first-order chi connectivity index (χ1) is 14.4. The minimum Gasteiger partial charge on any atom is -0.423 e. The Bertz CT molecular complexity index is 1140. The van der Waals surface area contributed by atoms with Crippen LogP contribution in [0.5, 0.6) is 5.75 Å². The summed E-state index contributed by atoms with van der Waals surface area (Å²) in [6.45, 7) is 0. The SMILES string of the molecule is N/N=C(/C(=O)c1ccc(N)cc1)c1cccc(OC(=O)c2ccc([N+](=O)[O-])cc2)c1. The van der Waals surface area contributed by atoms with Crippen molar-refractivity contribution in [3.05, 3.63) is 99.6 Å². The number of Topliss-reactive ketones (excluding diaryl/α,β-unsaturated/α-hetero) is 1. The van der Waals surface area contributed by atoms with Crippen LogP contribution in [0.1, 0.15) is 26.3 Å². The summed E-state index contributed by atoms with van der Waals surface area (Å²) >= 11 is 0. The van der Waals surface area contributed by atoms with Gasteiger partial charge in [-0.25, -0.2) is 4.79 Å². The van der Waals surface area contributed by atoms with Crippen molar-refractivity contribution in [1.82, 2.24) is 0 Å². The number of ether oxygens (including phenoxy) is 1. The smallest absolute Gasteiger partial charge is 0.343 e. The lowest BCUT2D eigenvalue weighted by Gasteiger charge is -2.08. The number of non-ortho nitro benzene ring substituents is 1. The zero-order valence-corrected chi connectivity index (χ0v) is 15.5. The van der Waals surface area contributed by atoms with Crippen LogP contribution in [0.15, 0.2) is 77.9 Å². The fourth-order valence-electron chi connectivity index (χ4n) is 2.63. The van der Waals surface area contributed by atoms with E-state index < -0.39 is 16.7 Å². The number of benzene rings is 3. The van der Waals surface area contributed by atoms with Gasteiger partial charge in [0.25, 0.3) is 5.69 Å². The number of anilines is 1. The normalized spacial score (nSPS) is 11.0. The number of hydrogen-bond acceptors (Lipinski definition) is 8. The maximum Gasteiger partial charge on any atom is 0.343 e. The summed E-state index contributed by atoms with van der Waals surface area (Å²) in [6.07, 6.45) is 0. The number of esters is 1. The summed E-state index contributed by atoms with van der Waals surface area (Å²) in [5, 5.41) is 14.3. The monoisotopic (exact) mass is 404 g/mol. The number of nitro groups is 1. The average Bonchev–Trinajstić information content (AvgIpc) is 2.75. The molecule has 0 fully saturated rings. The number of nitro benzene ring substituents is 1. The zero-order chi connectivity index (χ0) is 21.7. The van der Waals surface area contributed by atoms with Crippen LogP contribution in [-0.2, 0) is 0 Å². The predicted octanol–water partition coefficient (Wildman–Crippen LogP) is 2.94. The molecule has 0 amide bonds. The van der Waals surface area contributed by atoms with Gasteiger partial charge in [0.1, 0.15) is 11.5 Å². The highest BCUT2D eigenvalue weighted by Crippen LogP contribution is 2.19. The van der Waals surface area contributed by atoms with Crippen molar-refractivity contribution in [1.29, 1.82) is 0 Å². The molecule has 0 radical (unpaired) electrons. The number of nitrogens with zero attached hydrogens (tertiary/aromatic N) is 2. The van der Waals surface area contributed by atoms with E-state index in [0.29, 0.717) is 16.8 Å². The molecule has 9 nitrogen and oxygen atoms in total. The van der Waals surface area contributed by atoms with Crippen LogP contribution >= 0.6 is 0 Å². The Morgan fingerprint density at radius 2 is 1.53 bits per heavy atom. The molecule has 3 aromatic carbocycles. The van der Waals surface area contributed by atoms with Crippen LogP contribution in [0.3, 0.4) is 0 Å². The number of carbonyl (C=O) groups excluding carboxylic acids is 2. The van der Waals surface area contributed by atoms with E-state index >= 15 is 0 Å². The molecule has 0 aliphatic rings. The number of hydrazone groups is 1. The van der Waals surface area contributed by atoms with Gasteiger partial charge in [-0.15, -0.1) is 0 Å². The molecule has 3 rings (SSSR count). The molecule has 150 valence electrons. The Hall–Kier alpha value is -4.53. The Labute approximate surface area is 170 Å². The van der Waals surface area contributed by atoms with E-state index in [1.54, 1.807) is 36.4 Å². The lowest BCUT2D eigenvalue weighted by molar-refractivity contribution is -0.384. The largest absolute Gasteiger partial charge is 0.423 e. The van der Waals surface area contributed by atoms with E-state index in [2.05, 4.69) is 5.10 Å². The Morgan fingerprint density at radius 3 is 2.13 bits per heavy atom. The maximum atomic E-state index is 12.7. The molecule has 0 spiro atoms. The molecule has 0 saturated heterocycles. The number of ketones is 1. The van der Waals surface area contributed by atoms with Crippen molar-refractivity contribution >= 4 is 28.8 Å². The van der Waals surface area contributed by atoms with Crippen molar-refractivity contribution in [2.75, 3.05) is 5.73 Å². The van der Waals surface area contributed by atoms with Crippen LogP contribution in [-0.4, -0.2) is 22.4 Å². The Balaban J connectivity index is 1.80. The van der Waals surface area contributed by atoms with Crippen molar-refractivity contribution in [2.24, 2.45) is 10.9 Å². The fourth-order valence-corrected chi connectivity index (χ4v) is 2.63. The number of nitrogen functional groups attached to an aromatic ring is 1. The molecular weight excluding hydrogens is 388 g/mol. The number of rotatable bonds is 6. The van der Waals surface area contributed by atoms with Crippen LogP contribution in [0.2, 0.25) is 0 Å². The molecular formula is C21H16N4O5. The molecule has 4 N–H and O–H groups in total. The van der Waals surface area contributed by atoms with Gasteiger partial charge >= 0.3 is 5.97 Å². The topological polar surface area (TPSA) is 151 Å². The van der Waals surface area contributed by atoms with Gasteiger partial charge < -0.3 is 16.3 Å². The van der Waals surface area contributed by atoms with Gasteiger partial charge in [0.15, 0.2) is 0 Å². The molecule has 0 aliphatic heterocycles. The lowest BCUT2D eigenvalue weighted by Crippen LogP contribution is -2.18. The van der Waals surface area contributed by atoms with Gasteiger partial charge in [-0.1, -0.05) is 12.1 Å². The van der Waals surface area contributed by atoms with Gasteiger partial charge in [0, 0.05) is 28.9 Å². The second-order valence-electron chi connectivity index (χ2n) is 6.15. The lowest BCUT2D eigenvalue weighted by atomic mass is 10.0. The molecule has 0 aromatic heterocycles. The predicted molar refractivity (Wildman–Crippen MR) is 110 cm³/mol. The number of hydrogen-bond donors (Lipinski definition) is 2. The summed E-state index contributed by atoms with van der Waals surface area (Å²) in [5.74, 6) is 4.46. The zero-order valence-electron chi connectivity index (χ0n) is 15.5. The van der Waals surface area contributed by atoms with Crippen molar-refractivity contribution in [2.45, 2.75) is 0 Å². The maximum absolute atomic E-state index is 12.7. The molecule has 0 saturated carbocycles. The third kappa shape index (κ3) is 4.47. The summed E-state index contributed by atoms with van der Waals surface area (Å²) in [6, 6.07) is 17.4. The molecule has 30 heavy (non-hydrogen) atoms. The third-order valence-electron chi connectivity index (χ3n) is 4.15. The van der Waals surface area contributed by atoms with Gasteiger partial charge in [0.2, 0.25) is 5.78 Å². The average molecular weight is 404 g/mol. The van der Waals surface area contributed by atoms with Gasteiger partial charge in [-0.05, 0) is 48.5 Å². The first-order valence-corrected chi connectivity index (χ1v) is 8.64. The minimum absolute atomic E-state index is 0.0204. The van der Waals surface area contributed by atoms with Gasteiger partial charge in [0.05, 0.1) is 10.5 Å². The van der Waals surface area contributed by atoms with Crippen LogP contribution in [0, 0.1) is 10.1 Å². The van der Waals surface area contributed by atoms with Crippen LogP contribution in [0.25, 0.3) is 0 Å². The summed E-state index contributed by atoms with van der Waals surface area (Å²) in [5.41, 5.74) is 6.83. The standard InChI is InChI=1S/C21H16N4O5/c22-16-8-4-13(5-9-16)20(26)19(24-23)15-2-1-3-18(12-15)30-21(27)14-6-10-17(11-7-14)25(28)29/h1-12H,22-23H2/b24-19+. The Kier molecular flexibility index (Phi) is 5.83. The quantitative estimate of drug-likeness (QED) is 0.0936. The van der Waals surface area contributed by atoms with Crippen LogP contribution < -0.4 is 16.3 Å². The van der Waals surface area contributed by atoms with Crippen LogP contribution in [0.4, 0.5) is 11.4 Å². The van der Waals surface area contributed by atoms with E-state index in [0.717, 1.165) is 0 Å². The second kappa shape index (κ2) is 8.65. The first kappa shape index (κ1) is 20.2. The summed E-state index contributed by atoms with van der Waals surface area (Å²) in [7, 11) is 0. The van der Waals surface area contributed by atoms with E-state index in [1.165, 1.54) is 36.4 Å². The molecule has 0 bridgehead atoms. The van der Waals surface area contributed by atoms with Gasteiger partial charge in [-0.2, -0.15) is 5.10 Å².